The number of likely N-dealkylation sites (tertiary alicyclic amines) is 1. The SMILES string of the molecule is CC(C)C[C@H](NC(=O)[C@H](CS)NC(=O)[C@@H]1CCCN1C(=O)[C@H](Cc1ccccc1)NC(=O)[C@H](C)NC(=O)[C@H](CS)NC(=O)[C@H](Cc1c[nH]c2ccccc12)NC(=O)[C@H](CCCN=C(N)N)NC(=O)[C@@H](N)CCCCN)C(=O)O. The summed E-state index contributed by atoms with van der Waals surface area (Å²) >= 11 is 8.58. The van der Waals surface area contributed by atoms with Gasteiger partial charge in [0, 0.05) is 54.5 Å². The first kappa shape index (κ1) is 63.6. The summed E-state index contributed by atoms with van der Waals surface area (Å²) in [6.07, 6.45) is 4.29. The molecule has 26 heteroatoms. The molecule has 78 heavy (non-hydrogen) atoms. The van der Waals surface area contributed by atoms with E-state index >= 15 is 0 Å². The number of para-hydroxylation sites is 1. The highest BCUT2D eigenvalue weighted by Gasteiger charge is 2.40. The third-order valence-electron chi connectivity index (χ3n) is 13.1. The number of aromatic amines is 1. The van der Waals surface area contributed by atoms with Crippen LogP contribution in [0.4, 0.5) is 0 Å². The summed E-state index contributed by atoms with van der Waals surface area (Å²) in [4.78, 5) is 132. The number of nitrogens with one attached hydrogen (secondary N) is 8. The number of benzene rings is 2. The first-order valence-electron chi connectivity index (χ1n) is 26.1. The lowest BCUT2D eigenvalue weighted by Gasteiger charge is -2.30. The number of amides is 8. The van der Waals surface area contributed by atoms with Gasteiger partial charge in [-0.05, 0) is 81.5 Å². The smallest absolute Gasteiger partial charge is 0.326 e. The van der Waals surface area contributed by atoms with Crippen molar-refractivity contribution in [3.63, 3.8) is 0 Å². The second-order valence-corrected chi connectivity index (χ2v) is 20.4. The molecular formula is C52H78N14O10S2. The van der Waals surface area contributed by atoms with Crippen LogP contribution in [0.2, 0.25) is 0 Å². The second-order valence-electron chi connectivity index (χ2n) is 19.7. The number of aliphatic imine (C=N–C) groups is 1. The molecule has 3 aromatic rings. The molecule has 0 bridgehead atoms. The Morgan fingerprint density at radius 3 is 1.94 bits per heavy atom. The molecule has 8 amide bonds. The van der Waals surface area contributed by atoms with Gasteiger partial charge in [0.15, 0.2) is 5.96 Å². The highest BCUT2D eigenvalue weighted by molar-refractivity contribution is 7.80. The van der Waals surface area contributed by atoms with Crippen LogP contribution in [0.25, 0.3) is 10.9 Å². The number of carbonyl (C=O) groups is 9. The fraction of sp³-hybridized carbons (Fsp3) is 0.538. The summed E-state index contributed by atoms with van der Waals surface area (Å²) in [5.74, 6) is -7.60. The summed E-state index contributed by atoms with van der Waals surface area (Å²) in [6.45, 7) is 5.69. The minimum absolute atomic E-state index is 0.00766. The molecule has 2 heterocycles. The number of H-pyrrole nitrogens is 1. The summed E-state index contributed by atoms with van der Waals surface area (Å²) in [5, 5.41) is 29.0. The van der Waals surface area contributed by atoms with Gasteiger partial charge in [0.2, 0.25) is 47.3 Å². The number of unbranched alkanes of at least 4 members (excludes halogenated alkanes) is 1. The van der Waals surface area contributed by atoms with Crippen molar-refractivity contribution in [1.82, 2.24) is 47.1 Å². The molecule has 0 unspecified atom stereocenters. The van der Waals surface area contributed by atoms with Crippen molar-refractivity contribution in [2.45, 2.75) is 139 Å². The monoisotopic (exact) mass is 1120 g/mol. The Bertz CT molecular complexity index is 2550. The largest absolute Gasteiger partial charge is 0.480 e. The van der Waals surface area contributed by atoms with Gasteiger partial charge in [0.25, 0.3) is 0 Å². The highest BCUT2D eigenvalue weighted by Crippen LogP contribution is 2.22. The van der Waals surface area contributed by atoms with Crippen LogP contribution in [0.1, 0.15) is 83.3 Å². The minimum atomic E-state index is -1.36. The summed E-state index contributed by atoms with van der Waals surface area (Å²) in [6, 6.07) is 5.28. The molecule has 9 atom stereocenters. The Hall–Kier alpha value is -6.90. The van der Waals surface area contributed by atoms with Crippen molar-refractivity contribution in [1.29, 1.82) is 0 Å². The van der Waals surface area contributed by atoms with E-state index in [1.165, 1.54) is 11.8 Å². The number of aliphatic carboxylic acids is 1. The Labute approximate surface area is 465 Å². The van der Waals surface area contributed by atoms with Gasteiger partial charge in [-0.15, -0.1) is 0 Å². The second kappa shape index (κ2) is 32.1. The van der Waals surface area contributed by atoms with E-state index in [4.69, 9.17) is 22.9 Å². The number of carbonyl (C=O) groups excluding carboxylic acids is 8. The van der Waals surface area contributed by atoms with Gasteiger partial charge in [-0.1, -0.05) is 68.8 Å². The molecule has 1 aromatic heterocycles. The molecule has 24 nitrogen and oxygen atoms in total. The van der Waals surface area contributed by atoms with Gasteiger partial charge in [0.1, 0.15) is 48.3 Å². The topological polar surface area (TPSA) is 394 Å². The zero-order chi connectivity index (χ0) is 57.5. The zero-order valence-electron chi connectivity index (χ0n) is 44.4. The molecule has 0 aliphatic carbocycles. The number of hydrogen-bond acceptors (Lipinski definition) is 14. The number of hydrogen-bond donors (Lipinski definition) is 15. The van der Waals surface area contributed by atoms with E-state index in [-0.39, 0.29) is 75.0 Å². The fourth-order valence-electron chi connectivity index (χ4n) is 8.82. The van der Waals surface area contributed by atoms with E-state index < -0.39 is 108 Å². The van der Waals surface area contributed by atoms with Crippen LogP contribution in [0.3, 0.4) is 0 Å². The number of carboxylic acids is 1. The van der Waals surface area contributed by atoms with Crippen molar-refractivity contribution in [2.75, 3.05) is 31.1 Å². The summed E-state index contributed by atoms with van der Waals surface area (Å²) in [5.41, 5.74) is 24.9. The van der Waals surface area contributed by atoms with Crippen LogP contribution in [-0.4, -0.2) is 160 Å². The van der Waals surface area contributed by atoms with Gasteiger partial charge < -0.3 is 75.1 Å². The van der Waals surface area contributed by atoms with Crippen LogP contribution in [0, 0.1) is 5.92 Å². The van der Waals surface area contributed by atoms with Crippen LogP contribution in [-0.2, 0) is 56.0 Å². The first-order chi connectivity index (χ1) is 37.2. The number of aromatic nitrogens is 1. The van der Waals surface area contributed by atoms with E-state index in [1.54, 1.807) is 36.5 Å². The van der Waals surface area contributed by atoms with E-state index in [1.807, 2.05) is 38.1 Å². The van der Waals surface area contributed by atoms with Gasteiger partial charge in [-0.3, -0.25) is 43.3 Å². The highest BCUT2D eigenvalue weighted by atomic mass is 32.1. The van der Waals surface area contributed by atoms with Gasteiger partial charge >= 0.3 is 5.97 Å². The molecule has 17 N–H and O–H groups in total. The predicted octanol–water partition coefficient (Wildman–Crippen LogP) is -1.14. The Balaban J connectivity index is 1.51. The lowest BCUT2D eigenvalue weighted by Crippen LogP contribution is -2.60. The number of nitrogens with zero attached hydrogens (tertiary/aromatic N) is 2. The Morgan fingerprint density at radius 2 is 1.28 bits per heavy atom. The van der Waals surface area contributed by atoms with Crippen molar-refractivity contribution in [3.05, 3.63) is 71.9 Å². The lowest BCUT2D eigenvalue weighted by molar-refractivity contribution is -0.143. The molecular weight excluding hydrogens is 1040 g/mol. The molecule has 1 aliphatic heterocycles. The van der Waals surface area contributed by atoms with Crippen LogP contribution in [0.15, 0.2) is 65.8 Å². The quantitative estimate of drug-likeness (QED) is 0.0152. The number of thiol groups is 2. The standard InChI is InChI=1S/C52H78N14O10S2/c1-29(2)23-39(51(75)76)63-48(72)41(28-78)65-49(73)42-19-12-22-66(42)50(74)38(24-31-13-5-4-6-14-31)62-43(67)30(3)59-47(71)40(27-77)64-46(70)37(25-32-26-58-35-17-8-7-15-33(32)35)61-45(69)36(18-11-21-57-52(55)56)60-44(68)34(54)16-9-10-20-53/h4-8,13-15,17,26,29-30,34,36-42,58,77-78H,9-12,16,18-25,27-28,53-54H2,1-3H3,(H,59,71)(H,60,68)(H,61,69)(H,62,67)(H,63,72)(H,64,70)(H,65,73)(H,75,76)(H4,55,56,57)/t30-,34-,36-,37-,38-,39-,40-,41-,42-/m0/s1. The maximum Gasteiger partial charge on any atom is 0.326 e. The number of guanidine groups is 1. The molecule has 1 aliphatic rings. The molecule has 1 fully saturated rings. The van der Waals surface area contributed by atoms with Crippen molar-refractivity contribution in [3.8, 4) is 0 Å². The number of nitrogens with two attached hydrogens (primary N) is 4. The molecule has 0 spiro atoms. The van der Waals surface area contributed by atoms with Gasteiger partial charge in [-0.2, -0.15) is 25.3 Å². The van der Waals surface area contributed by atoms with E-state index in [9.17, 15) is 48.3 Å². The van der Waals surface area contributed by atoms with Crippen molar-refractivity contribution in [2.24, 2.45) is 33.8 Å². The molecule has 2 aromatic carbocycles. The van der Waals surface area contributed by atoms with Crippen molar-refractivity contribution < 1.29 is 48.3 Å². The summed E-state index contributed by atoms with van der Waals surface area (Å²) in [7, 11) is 0. The zero-order valence-corrected chi connectivity index (χ0v) is 46.2. The van der Waals surface area contributed by atoms with Crippen LogP contribution in [0.5, 0.6) is 0 Å². The maximum absolute atomic E-state index is 14.5. The molecule has 1 saturated heterocycles. The molecule has 4 rings (SSSR count). The average Bonchev–Trinajstić information content (AvgIpc) is 4.07. The normalized spacial score (nSPS) is 16.3. The fourth-order valence-corrected chi connectivity index (χ4v) is 9.33. The maximum atomic E-state index is 14.5. The van der Waals surface area contributed by atoms with Gasteiger partial charge in [0.05, 0.1) is 6.04 Å². The average molecular weight is 1120 g/mol. The van der Waals surface area contributed by atoms with Crippen LogP contribution < -0.4 is 60.2 Å². The minimum Gasteiger partial charge on any atom is -0.480 e. The number of carboxylic acid groups (broad SMARTS) is 1. The lowest BCUT2D eigenvalue weighted by atomic mass is 10.0. The Kier molecular flexibility index (Phi) is 26.2. The van der Waals surface area contributed by atoms with E-state index in [2.05, 4.69) is 72.5 Å². The Morgan fingerprint density at radius 1 is 0.692 bits per heavy atom. The predicted molar refractivity (Wildman–Crippen MR) is 302 cm³/mol. The first-order valence-corrected chi connectivity index (χ1v) is 27.4. The van der Waals surface area contributed by atoms with E-state index in [0.29, 0.717) is 43.4 Å². The third kappa shape index (κ3) is 19.8. The van der Waals surface area contributed by atoms with Crippen molar-refractivity contribution >= 4 is 95.3 Å². The van der Waals surface area contributed by atoms with Gasteiger partial charge in [-0.25, -0.2) is 4.79 Å². The number of rotatable bonds is 32. The molecule has 428 valence electrons. The van der Waals surface area contributed by atoms with E-state index in [0.717, 1.165) is 10.9 Å². The number of fused-ring (bicyclic) bond motifs is 1. The summed E-state index contributed by atoms with van der Waals surface area (Å²) < 4.78 is 0. The molecule has 0 saturated carbocycles. The third-order valence-corrected chi connectivity index (χ3v) is 13.8. The molecule has 0 radical (unpaired) electrons. The van der Waals surface area contributed by atoms with Crippen LogP contribution >= 0.6 is 25.3 Å².